The summed E-state index contributed by atoms with van der Waals surface area (Å²) in [7, 11) is 1.49. The number of nitrogens with two attached hydrogens (primary N) is 1. The van der Waals surface area contributed by atoms with Crippen LogP contribution in [0.25, 0.3) is 0 Å². The van der Waals surface area contributed by atoms with Crippen LogP contribution in [0.2, 0.25) is 0 Å². The lowest BCUT2D eigenvalue weighted by Gasteiger charge is -2.16. The number of anilines is 1. The lowest BCUT2D eigenvalue weighted by Crippen LogP contribution is -2.34. The number of amides is 1. The first-order valence-electron chi connectivity index (χ1n) is 5.44. The smallest absolute Gasteiger partial charge is 0.293 e. The normalized spacial score (nSPS) is 13.3. The fraction of sp³-hybridized carbons (Fsp3) is 0.364. The van der Waals surface area contributed by atoms with Crippen LogP contribution in [0.3, 0.4) is 0 Å². The highest BCUT2D eigenvalue weighted by Crippen LogP contribution is 2.42. The molecule has 7 heteroatoms. The van der Waals surface area contributed by atoms with Crippen molar-refractivity contribution >= 4 is 17.3 Å². The highest BCUT2D eigenvalue weighted by molar-refractivity contribution is 5.99. The Kier molecular flexibility index (Phi) is 3.15. The lowest BCUT2D eigenvalue weighted by molar-refractivity contribution is -0.384. The van der Waals surface area contributed by atoms with Crippen LogP contribution < -0.4 is 15.4 Å². The molecule has 2 N–H and O–H groups in total. The van der Waals surface area contributed by atoms with Crippen molar-refractivity contribution in [2.24, 2.45) is 5.73 Å². The molecule has 1 aliphatic heterocycles. The van der Waals surface area contributed by atoms with Crippen molar-refractivity contribution in [1.29, 1.82) is 0 Å². The van der Waals surface area contributed by atoms with Gasteiger partial charge >= 0.3 is 0 Å². The molecule has 0 unspecified atom stereocenters. The molecular formula is C11H13N3O4. The van der Waals surface area contributed by atoms with E-state index in [0.717, 1.165) is 0 Å². The van der Waals surface area contributed by atoms with Gasteiger partial charge in [-0.3, -0.25) is 14.9 Å². The van der Waals surface area contributed by atoms with Crippen molar-refractivity contribution in [3.63, 3.8) is 0 Å². The Labute approximate surface area is 103 Å². The highest BCUT2D eigenvalue weighted by Gasteiger charge is 2.33. The van der Waals surface area contributed by atoms with Crippen molar-refractivity contribution < 1.29 is 14.5 Å². The Balaban J connectivity index is 2.59. The molecule has 0 aliphatic carbocycles. The monoisotopic (exact) mass is 251 g/mol. The molecule has 1 aromatic rings. The van der Waals surface area contributed by atoms with Crippen LogP contribution in [0.4, 0.5) is 11.4 Å². The maximum atomic E-state index is 11.7. The van der Waals surface area contributed by atoms with Crippen molar-refractivity contribution in [2.45, 2.75) is 6.42 Å². The SMILES string of the molecule is COc1ccc([N+](=O)[O-])c2c1CCN2C(=O)CN. The van der Waals surface area contributed by atoms with Gasteiger partial charge < -0.3 is 15.4 Å². The van der Waals surface area contributed by atoms with E-state index in [9.17, 15) is 14.9 Å². The average Bonchev–Trinajstić information content (AvgIpc) is 2.81. The third-order valence-electron chi connectivity index (χ3n) is 2.97. The van der Waals surface area contributed by atoms with Gasteiger partial charge in [-0.1, -0.05) is 0 Å². The fourth-order valence-corrected chi connectivity index (χ4v) is 2.18. The predicted octanol–water partition coefficient (Wildman–Crippen LogP) is 0.451. The van der Waals surface area contributed by atoms with Gasteiger partial charge in [0.25, 0.3) is 5.69 Å². The van der Waals surface area contributed by atoms with Crippen molar-refractivity contribution in [1.82, 2.24) is 0 Å². The molecule has 18 heavy (non-hydrogen) atoms. The summed E-state index contributed by atoms with van der Waals surface area (Å²) in [6.45, 7) is 0.223. The molecule has 0 spiro atoms. The third kappa shape index (κ3) is 1.78. The minimum Gasteiger partial charge on any atom is -0.496 e. The minimum absolute atomic E-state index is 0.0925. The molecule has 0 radical (unpaired) electrons. The highest BCUT2D eigenvalue weighted by atomic mass is 16.6. The second-order valence-corrected chi connectivity index (χ2v) is 3.87. The Morgan fingerprint density at radius 1 is 1.61 bits per heavy atom. The largest absolute Gasteiger partial charge is 0.496 e. The Bertz CT molecular complexity index is 515. The molecule has 0 bridgehead atoms. The molecule has 0 fully saturated rings. The fourth-order valence-electron chi connectivity index (χ4n) is 2.18. The summed E-state index contributed by atoms with van der Waals surface area (Å²) in [4.78, 5) is 23.6. The molecular weight excluding hydrogens is 238 g/mol. The molecule has 2 rings (SSSR count). The van der Waals surface area contributed by atoms with Crippen LogP contribution in [-0.2, 0) is 11.2 Å². The lowest BCUT2D eigenvalue weighted by atomic mass is 10.1. The number of methoxy groups -OCH3 is 1. The third-order valence-corrected chi connectivity index (χ3v) is 2.97. The zero-order valence-corrected chi connectivity index (χ0v) is 9.88. The molecule has 1 aromatic carbocycles. The molecule has 0 atom stereocenters. The standard InChI is InChI=1S/C11H13N3O4/c1-18-9-3-2-8(14(16)17)11-7(9)4-5-13(11)10(15)6-12/h2-3H,4-6,12H2,1H3. The molecule has 7 nitrogen and oxygen atoms in total. The van der Waals surface area contributed by atoms with E-state index in [1.165, 1.54) is 18.1 Å². The molecule has 0 aromatic heterocycles. The van der Waals surface area contributed by atoms with Crippen molar-refractivity contribution in [2.75, 3.05) is 25.1 Å². The minimum atomic E-state index is -0.500. The summed E-state index contributed by atoms with van der Waals surface area (Å²) < 4.78 is 5.16. The zero-order valence-electron chi connectivity index (χ0n) is 9.88. The molecule has 0 saturated carbocycles. The van der Waals surface area contributed by atoms with Gasteiger partial charge in [0.05, 0.1) is 18.6 Å². The van der Waals surface area contributed by atoms with Crippen molar-refractivity contribution in [3.8, 4) is 5.75 Å². The molecule has 1 amide bonds. The second-order valence-electron chi connectivity index (χ2n) is 3.87. The summed E-state index contributed by atoms with van der Waals surface area (Å²) in [6.07, 6.45) is 0.534. The van der Waals surface area contributed by atoms with Crippen LogP contribution in [0, 0.1) is 10.1 Å². The first-order chi connectivity index (χ1) is 8.60. The molecule has 1 heterocycles. The van der Waals surface area contributed by atoms with Gasteiger partial charge in [-0.25, -0.2) is 0 Å². The maximum absolute atomic E-state index is 11.7. The zero-order chi connectivity index (χ0) is 13.3. The van der Waals surface area contributed by atoms with Gasteiger partial charge in [0, 0.05) is 18.2 Å². The van der Waals surface area contributed by atoms with E-state index in [-0.39, 0.29) is 18.1 Å². The quantitative estimate of drug-likeness (QED) is 0.621. The van der Waals surface area contributed by atoms with E-state index in [4.69, 9.17) is 10.5 Å². The first-order valence-corrected chi connectivity index (χ1v) is 5.44. The average molecular weight is 251 g/mol. The van der Waals surface area contributed by atoms with Gasteiger partial charge in [0.2, 0.25) is 5.91 Å². The summed E-state index contributed by atoms with van der Waals surface area (Å²) in [6, 6.07) is 2.90. The molecule has 96 valence electrons. The molecule has 0 saturated heterocycles. The van der Waals surface area contributed by atoms with E-state index < -0.39 is 4.92 Å². The maximum Gasteiger partial charge on any atom is 0.293 e. The summed E-state index contributed by atoms with van der Waals surface area (Å²) in [5.41, 5.74) is 6.22. The van der Waals surface area contributed by atoms with Crippen LogP contribution in [0.15, 0.2) is 12.1 Å². The molecule has 1 aliphatic rings. The van der Waals surface area contributed by atoms with Gasteiger partial charge in [-0.15, -0.1) is 0 Å². The number of fused-ring (bicyclic) bond motifs is 1. The van der Waals surface area contributed by atoms with Crippen LogP contribution in [0.5, 0.6) is 5.75 Å². The van der Waals surface area contributed by atoms with Gasteiger partial charge in [-0.2, -0.15) is 0 Å². The van der Waals surface area contributed by atoms with E-state index in [1.54, 1.807) is 6.07 Å². The number of carbonyl (C=O) groups excluding carboxylic acids is 1. The summed E-state index contributed by atoms with van der Waals surface area (Å²) in [5.74, 6) is 0.230. The Morgan fingerprint density at radius 3 is 2.89 bits per heavy atom. The predicted molar refractivity (Wildman–Crippen MR) is 64.8 cm³/mol. The van der Waals surface area contributed by atoms with Crippen molar-refractivity contribution in [3.05, 3.63) is 27.8 Å². The van der Waals surface area contributed by atoms with Gasteiger partial charge in [0.15, 0.2) is 0 Å². The summed E-state index contributed by atoms with van der Waals surface area (Å²) >= 11 is 0. The first kappa shape index (κ1) is 12.3. The topological polar surface area (TPSA) is 98.7 Å². The Morgan fingerprint density at radius 2 is 2.33 bits per heavy atom. The van der Waals surface area contributed by atoms with E-state index >= 15 is 0 Å². The number of nitrogens with zero attached hydrogens (tertiary/aromatic N) is 2. The second kappa shape index (κ2) is 4.61. The van der Waals surface area contributed by atoms with E-state index in [1.807, 2.05) is 0 Å². The van der Waals surface area contributed by atoms with Gasteiger partial charge in [0.1, 0.15) is 11.4 Å². The number of nitro benzene ring substituents is 1. The van der Waals surface area contributed by atoms with Crippen LogP contribution >= 0.6 is 0 Å². The number of hydrogen-bond donors (Lipinski definition) is 1. The summed E-state index contributed by atoms with van der Waals surface area (Å²) in [5, 5.41) is 11.0. The van der Waals surface area contributed by atoms with E-state index in [2.05, 4.69) is 0 Å². The number of benzene rings is 1. The number of carbonyl (C=O) groups is 1. The number of rotatable bonds is 3. The number of ether oxygens (including phenoxy) is 1. The number of nitro groups is 1. The number of hydrogen-bond acceptors (Lipinski definition) is 5. The van der Waals surface area contributed by atoms with E-state index in [0.29, 0.717) is 30.0 Å². The van der Waals surface area contributed by atoms with Crippen LogP contribution in [0.1, 0.15) is 5.56 Å². The van der Waals surface area contributed by atoms with Gasteiger partial charge in [-0.05, 0) is 12.5 Å². The Hall–Kier alpha value is -2.15. The van der Waals surface area contributed by atoms with Crippen LogP contribution in [-0.4, -0.2) is 31.0 Å².